The molecule has 26 heavy (non-hydrogen) atoms. The predicted octanol–water partition coefficient (Wildman–Crippen LogP) is 3.99. The minimum absolute atomic E-state index is 0.144. The van der Waals surface area contributed by atoms with Gasteiger partial charge in [-0.15, -0.1) is 0 Å². The van der Waals surface area contributed by atoms with E-state index in [0.29, 0.717) is 31.9 Å². The van der Waals surface area contributed by atoms with Crippen LogP contribution in [0.15, 0.2) is 36.4 Å². The predicted molar refractivity (Wildman–Crippen MR) is 91.8 cm³/mol. The lowest BCUT2D eigenvalue weighted by molar-refractivity contribution is -0.384. The Kier molecular flexibility index (Phi) is 4.90. The summed E-state index contributed by atoms with van der Waals surface area (Å²) in [4.78, 5) is 18.2. The fourth-order valence-corrected chi connectivity index (χ4v) is 2.99. The van der Waals surface area contributed by atoms with E-state index in [4.69, 9.17) is 11.6 Å². The molecule has 1 aliphatic rings. The van der Waals surface area contributed by atoms with Crippen LogP contribution < -0.4 is 9.80 Å². The summed E-state index contributed by atoms with van der Waals surface area (Å²) in [6.07, 6.45) is -4.40. The van der Waals surface area contributed by atoms with Gasteiger partial charge in [-0.25, -0.2) is 4.98 Å². The minimum atomic E-state index is -4.40. The van der Waals surface area contributed by atoms with Gasteiger partial charge in [-0.3, -0.25) is 10.1 Å². The maximum atomic E-state index is 12.9. The van der Waals surface area contributed by atoms with Crippen LogP contribution in [0.5, 0.6) is 0 Å². The third-order valence-electron chi connectivity index (χ3n) is 4.14. The van der Waals surface area contributed by atoms with E-state index in [1.165, 1.54) is 18.2 Å². The monoisotopic (exact) mass is 386 g/mol. The van der Waals surface area contributed by atoms with Gasteiger partial charge in [0.1, 0.15) is 5.15 Å². The summed E-state index contributed by atoms with van der Waals surface area (Å²) in [5.74, 6) is 0.172. The number of benzene rings is 1. The molecule has 0 N–H and O–H groups in total. The molecule has 0 unspecified atom stereocenters. The van der Waals surface area contributed by atoms with Gasteiger partial charge in [-0.1, -0.05) is 17.7 Å². The number of alkyl halides is 3. The molecule has 1 aliphatic heterocycles. The van der Waals surface area contributed by atoms with Crippen LogP contribution in [0.1, 0.15) is 5.56 Å². The third-order valence-corrected chi connectivity index (χ3v) is 4.35. The molecule has 1 aromatic heterocycles. The van der Waals surface area contributed by atoms with Crippen LogP contribution in [0.4, 0.5) is 30.4 Å². The van der Waals surface area contributed by atoms with Crippen LogP contribution >= 0.6 is 11.6 Å². The van der Waals surface area contributed by atoms with Crippen molar-refractivity contribution in [3.8, 4) is 0 Å². The zero-order valence-electron chi connectivity index (χ0n) is 13.4. The van der Waals surface area contributed by atoms with Crippen molar-refractivity contribution in [3.05, 3.63) is 57.2 Å². The lowest BCUT2D eigenvalue weighted by Crippen LogP contribution is -2.47. The van der Waals surface area contributed by atoms with E-state index in [1.807, 2.05) is 4.90 Å². The first-order valence-electron chi connectivity index (χ1n) is 7.74. The molecule has 0 radical (unpaired) electrons. The molecule has 0 atom stereocenters. The van der Waals surface area contributed by atoms with Crippen LogP contribution in [0, 0.1) is 10.1 Å². The largest absolute Gasteiger partial charge is 0.416 e. The van der Waals surface area contributed by atoms with Crippen molar-refractivity contribution in [1.29, 1.82) is 0 Å². The van der Waals surface area contributed by atoms with Gasteiger partial charge in [0.2, 0.25) is 5.82 Å². The number of pyridine rings is 1. The normalized spacial score (nSPS) is 15.2. The fourth-order valence-electron chi connectivity index (χ4n) is 2.85. The molecule has 10 heteroatoms. The van der Waals surface area contributed by atoms with E-state index in [2.05, 4.69) is 4.98 Å². The molecule has 138 valence electrons. The Hall–Kier alpha value is -2.55. The Morgan fingerprint density at radius 1 is 1.08 bits per heavy atom. The Labute approximate surface area is 151 Å². The number of piperazine rings is 1. The summed E-state index contributed by atoms with van der Waals surface area (Å²) < 4.78 is 38.6. The molecule has 1 aromatic carbocycles. The summed E-state index contributed by atoms with van der Waals surface area (Å²) in [5, 5.41) is 11.3. The summed E-state index contributed by atoms with van der Waals surface area (Å²) in [7, 11) is 0. The standard InChI is InChI=1S/C16H14ClF3N4O2/c17-14-5-4-13(24(25)26)15(21-14)23-8-6-22(7-9-23)12-3-1-2-11(10-12)16(18,19)20/h1-5,10H,6-9H2. The molecule has 0 spiro atoms. The molecule has 3 rings (SSSR count). The van der Waals surface area contributed by atoms with Crippen molar-refractivity contribution in [2.75, 3.05) is 36.0 Å². The number of rotatable bonds is 3. The van der Waals surface area contributed by atoms with Crippen molar-refractivity contribution in [3.63, 3.8) is 0 Å². The van der Waals surface area contributed by atoms with E-state index in [0.717, 1.165) is 12.1 Å². The highest BCUT2D eigenvalue weighted by molar-refractivity contribution is 6.29. The highest BCUT2D eigenvalue weighted by Gasteiger charge is 2.31. The summed E-state index contributed by atoms with van der Waals surface area (Å²) >= 11 is 5.85. The Balaban J connectivity index is 1.76. The van der Waals surface area contributed by atoms with Gasteiger partial charge in [-0.05, 0) is 24.3 Å². The number of anilines is 2. The van der Waals surface area contributed by atoms with Crippen LogP contribution in [0.3, 0.4) is 0 Å². The molecule has 1 saturated heterocycles. The molecule has 1 fully saturated rings. The number of nitro groups is 1. The van der Waals surface area contributed by atoms with Crippen molar-refractivity contribution in [2.45, 2.75) is 6.18 Å². The van der Waals surface area contributed by atoms with Crippen LogP contribution in [0.2, 0.25) is 5.15 Å². The molecular formula is C16H14ClF3N4O2. The first kappa shape index (κ1) is 18.2. The second-order valence-electron chi connectivity index (χ2n) is 5.76. The summed E-state index contributed by atoms with van der Waals surface area (Å²) in [6, 6.07) is 7.76. The van der Waals surface area contributed by atoms with Crippen molar-refractivity contribution >= 4 is 28.8 Å². The van der Waals surface area contributed by atoms with Gasteiger partial charge in [0, 0.05) is 37.9 Å². The number of halogens is 4. The van der Waals surface area contributed by atoms with E-state index >= 15 is 0 Å². The second kappa shape index (κ2) is 6.99. The smallest absolute Gasteiger partial charge is 0.368 e. The average molecular weight is 387 g/mol. The number of aromatic nitrogens is 1. The van der Waals surface area contributed by atoms with Crippen LogP contribution in [-0.2, 0) is 6.18 Å². The van der Waals surface area contributed by atoms with Crippen molar-refractivity contribution in [2.24, 2.45) is 0 Å². The quantitative estimate of drug-likeness (QED) is 0.453. The molecule has 0 saturated carbocycles. The molecule has 0 amide bonds. The number of hydrogen-bond donors (Lipinski definition) is 0. The van der Waals surface area contributed by atoms with Gasteiger partial charge in [0.15, 0.2) is 0 Å². The van der Waals surface area contributed by atoms with Crippen molar-refractivity contribution < 1.29 is 18.1 Å². The zero-order valence-corrected chi connectivity index (χ0v) is 14.2. The summed E-state index contributed by atoms with van der Waals surface area (Å²) in [5.41, 5.74) is -0.389. The average Bonchev–Trinajstić information content (AvgIpc) is 2.61. The number of hydrogen-bond acceptors (Lipinski definition) is 5. The highest BCUT2D eigenvalue weighted by Crippen LogP contribution is 2.33. The van der Waals surface area contributed by atoms with Gasteiger partial charge < -0.3 is 9.80 Å². The topological polar surface area (TPSA) is 62.5 Å². The first-order valence-corrected chi connectivity index (χ1v) is 8.11. The molecule has 0 bridgehead atoms. The Bertz CT molecular complexity index is 823. The lowest BCUT2D eigenvalue weighted by atomic mass is 10.1. The minimum Gasteiger partial charge on any atom is -0.368 e. The summed E-state index contributed by atoms with van der Waals surface area (Å²) in [6.45, 7) is 1.58. The lowest BCUT2D eigenvalue weighted by Gasteiger charge is -2.36. The van der Waals surface area contributed by atoms with Gasteiger partial charge in [0.05, 0.1) is 10.5 Å². The highest BCUT2D eigenvalue weighted by atomic mass is 35.5. The first-order chi connectivity index (χ1) is 12.3. The third kappa shape index (κ3) is 3.82. The van der Waals surface area contributed by atoms with Gasteiger partial charge >= 0.3 is 11.9 Å². The van der Waals surface area contributed by atoms with E-state index in [1.54, 1.807) is 11.0 Å². The van der Waals surface area contributed by atoms with E-state index in [-0.39, 0.29) is 16.7 Å². The molecular weight excluding hydrogens is 373 g/mol. The molecule has 0 aliphatic carbocycles. The van der Waals surface area contributed by atoms with Gasteiger partial charge in [-0.2, -0.15) is 13.2 Å². The molecule has 2 heterocycles. The van der Waals surface area contributed by atoms with Crippen LogP contribution in [0.25, 0.3) is 0 Å². The SMILES string of the molecule is O=[N+]([O-])c1ccc(Cl)nc1N1CCN(c2cccc(C(F)(F)F)c2)CC1. The van der Waals surface area contributed by atoms with Crippen molar-refractivity contribution in [1.82, 2.24) is 4.98 Å². The zero-order chi connectivity index (χ0) is 18.9. The van der Waals surface area contributed by atoms with E-state index < -0.39 is 16.7 Å². The maximum absolute atomic E-state index is 12.9. The number of nitrogens with zero attached hydrogens (tertiary/aromatic N) is 4. The van der Waals surface area contributed by atoms with Gasteiger partial charge in [0.25, 0.3) is 0 Å². The Morgan fingerprint density at radius 2 is 1.73 bits per heavy atom. The molecule has 2 aromatic rings. The van der Waals surface area contributed by atoms with E-state index in [9.17, 15) is 23.3 Å². The van der Waals surface area contributed by atoms with Crippen LogP contribution in [-0.4, -0.2) is 36.1 Å². The molecule has 6 nitrogen and oxygen atoms in total. The fraction of sp³-hybridized carbons (Fsp3) is 0.312. The Morgan fingerprint density at radius 3 is 2.35 bits per heavy atom. The maximum Gasteiger partial charge on any atom is 0.416 e. The second-order valence-corrected chi connectivity index (χ2v) is 6.14.